The number of benzene rings is 2. The molecule has 3 rings (SSSR count). The number of unbranched alkanes of at least 4 members (excludes halogenated alkanes) is 1. The SMILES string of the molecule is COc1ccc(NC(=O)NCCCCN2CCN(c3cccc(C)c3)CC2)cc1OCC(F)(F)F. The van der Waals surface area contributed by atoms with Gasteiger partial charge in [0.2, 0.25) is 0 Å². The maximum absolute atomic E-state index is 12.5. The molecular formula is C25H33F3N4O3. The van der Waals surface area contributed by atoms with Crippen LogP contribution in [0.2, 0.25) is 0 Å². The van der Waals surface area contributed by atoms with E-state index < -0.39 is 18.8 Å². The van der Waals surface area contributed by atoms with E-state index in [1.807, 2.05) is 0 Å². The molecule has 1 heterocycles. The van der Waals surface area contributed by atoms with Crippen LogP contribution in [0.5, 0.6) is 11.5 Å². The number of hydrogen-bond donors (Lipinski definition) is 2. The molecule has 1 aliphatic rings. The summed E-state index contributed by atoms with van der Waals surface area (Å²) in [6.45, 7) is 6.17. The molecule has 0 saturated carbocycles. The Morgan fingerprint density at radius 3 is 2.49 bits per heavy atom. The fourth-order valence-electron chi connectivity index (χ4n) is 3.92. The maximum atomic E-state index is 12.5. The first-order valence-electron chi connectivity index (χ1n) is 11.7. The zero-order valence-electron chi connectivity index (χ0n) is 20.2. The van der Waals surface area contributed by atoms with E-state index in [1.54, 1.807) is 0 Å². The van der Waals surface area contributed by atoms with Crippen molar-refractivity contribution in [3.05, 3.63) is 48.0 Å². The molecule has 2 N–H and O–H groups in total. The number of halogens is 3. The Kier molecular flexibility index (Phi) is 9.47. The molecule has 0 aliphatic carbocycles. The van der Waals surface area contributed by atoms with Gasteiger partial charge in [0.1, 0.15) is 0 Å². The summed E-state index contributed by atoms with van der Waals surface area (Å²) in [5.74, 6) is 0.0602. The molecule has 0 spiro atoms. The van der Waals surface area contributed by atoms with Gasteiger partial charge in [0.05, 0.1) is 7.11 Å². The minimum atomic E-state index is -4.47. The highest BCUT2D eigenvalue weighted by Gasteiger charge is 2.29. The Hall–Kier alpha value is -3.14. The Morgan fingerprint density at radius 2 is 1.80 bits per heavy atom. The van der Waals surface area contributed by atoms with Crippen LogP contribution >= 0.6 is 0 Å². The van der Waals surface area contributed by atoms with Crippen LogP contribution in [0.3, 0.4) is 0 Å². The van der Waals surface area contributed by atoms with E-state index in [9.17, 15) is 18.0 Å². The van der Waals surface area contributed by atoms with Crippen molar-refractivity contribution >= 4 is 17.4 Å². The molecule has 0 radical (unpaired) electrons. The molecule has 7 nitrogen and oxygen atoms in total. The average molecular weight is 495 g/mol. The number of aryl methyl sites for hydroxylation is 1. The number of ether oxygens (including phenoxy) is 2. The number of nitrogens with one attached hydrogen (secondary N) is 2. The number of urea groups is 1. The van der Waals surface area contributed by atoms with Crippen molar-refractivity contribution in [3.8, 4) is 11.5 Å². The van der Waals surface area contributed by atoms with Gasteiger partial charge in [0.25, 0.3) is 0 Å². The number of alkyl halides is 3. The molecule has 0 aromatic heterocycles. The Morgan fingerprint density at radius 1 is 1.03 bits per heavy atom. The number of amides is 2. The van der Waals surface area contributed by atoms with Gasteiger partial charge in [0.15, 0.2) is 18.1 Å². The van der Waals surface area contributed by atoms with Crippen molar-refractivity contribution in [1.29, 1.82) is 0 Å². The van der Waals surface area contributed by atoms with Gasteiger partial charge in [-0.1, -0.05) is 12.1 Å². The lowest BCUT2D eigenvalue weighted by Crippen LogP contribution is -2.46. The van der Waals surface area contributed by atoms with Crippen LogP contribution < -0.4 is 25.0 Å². The molecule has 1 aliphatic heterocycles. The molecule has 10 heteroatoms. The third kappa shape index (κ3) is 8.86. The van der Waals surface area contributed by atoms with Gasteiger partial charge >= 0.3 is 12.2 Å². The first-order chi connectivity index (χ1) is 16.7. The number of anilines is 2. The third-order valence-electron chi connectivity index (χ3n) is 5.74. The number of nitrogens with zero attached hydrogens (tertiary/aromatic N) is 2. The van der Waals surface area contributed by atoms with Crippen molar-refractivity contribution < 1.29 is 27.4 Å². The van der Waals surface area contributed by atoms with Crippen molar-refractivity contribution in [1.82, 2.24) is 10.2 Å². The zero-order valence-corrected chi connectivity index (χ0v) is 20.2. The van der Waals surface area contributed by atoms with Crippen LogP contribution in [0.15, 0.2) is 42.5 Å². The highest BCUT2D eigenvalue weighted by molar-refractivity contribution is 5.89. The summed E-state index contributed by atoms with van der Waals surface area (Å²) in [6.07, 6.45) is -2.68. The van der Waals surface area contributed by atoms with Crippen molar-refractivity contribution in [2.75, 3.05) is 63.2 Å². The predicted molar refractivity (Wildman–Crippen MR) is 131 cm³/mol. The van der Waals surface area contributed by atoms with E-state index >= 15 is 0 Å². The van der Waals surface area contributed by atoms with Gasteiger partial charge < -0.3 is 25.0 Å². The van der Waals surface area contributed by atoms with Crippen molar-refractivity contribution in [2.45, 2.75) is 25.9 Å². The lowest BCUT2D eigenvalue weighted by atomic mass is 10.2. The van der Waals surface area contributed by atoms with Crippen LogP contribution in [0.25, 0.3) is 0 Å². The normalized spacial score (nSPS) is 14.5. The Bertz CT molecular complexity index is 963. The van der Waals surface area contributed by atoms with E-state index in [0.29, 0.717) is 12.2 Å². The van der Waals surface area contributed by atoms with E-state index in [-0.39, 0.29) is 11.5 Å². The lowest BCUT2D eigenvalue weighted by molar-refractivity contribution is -0.153. The fraction of sp³-hybridized carbons (Fsp3) is 0.480. The van der Waals surface area contributed by atoms with Crippen LogP contribution in [0.4, 0.5) is 29.3 Å². The highest BCUT2D eigenvalue weighted by atomic mass is 19.4. The average Bonchev–Trinajstić information content (AvgIpc) is 2.82. The molecule has 0 unspecified atom stereocenters. The minimum absolute atomic E-state index is 0.0925. The number of methoxy groups -OCH3 is 1. The van der Waals surface area contributed by atoms with E-state index in [4.69, 9.17) is 9.47 Å². The quantitative estimate of drug-likeness (QED) is 0.470. The van der Waals surface area contributed by atoms with Gasteiger partial charge in [-0.15, -0.1) is 0 Å². The number of hydrogen-bond acceptors (Lipinski definition) is 5. The molecule has 1 saturated heterocycles. The minimum Gasteiger partial charge on any atom is -0.493 e. The standard InChI is InChI=1S/C25H33F3N4O3/c1-19-6-5-7-21(16-19)32-14-12-31(13-15-32)11-4-3-10-29-24(33)30-20-8-9-22(34-2)23(17-20)35-18-25(26,27)28/h5-9,16-17H,3-4,10-15,18H2,1-2H3,(H2,29,30,33). The number of piperazine rings is 1. The summed E-state index contributed by atoms with van der Waals surface area (Å²) in [7, 11) is 1.33. The number of carbonyl (C=O) groups excluding carboxylic acids is 1. The Balaban J connectivity index is 1.33. The summed E-state index contributed by atoms with van der Waals surface area (Å²) in [6, 6.07) is 12.4. The maximum Gasteiger partial charge on any atom is 0.422 e. The van der Waals surface area contributed by atoms with Crippen LogP contribution in [0.1, 0.15) is 18.4 Å². The van der Waals surface area contributed by atoms with Crippen molar-refractivity contribution in [2.24, 2.45) is 0 Å². The van der Waals surface area contributed by atoms with Crippen molar-refractivity contribution in [3.63, 3.8) is 0 Å². The second kappa shape index (κ2) is 12.5. The predicted octanol–water partition coefficient (Wildman–Crippen LogP) is 4.67. The topological polar surface area (TPSA) is 66.1 Å². The molecule has 1 fully saturated rings. The molecule has 2 aromatic carbocycles. The highest BCUT2D eigenvalue weighted by Crippen LogP contribution is 2.31. The van der Waals surface area contributed by atoms with Gasteiger partial charge in [-0.05, 0) is 56.1 Å². The molecule has 0 bridgehead atoms. The molecule has 2 amide bonds. The second-order valence-electron chi connectivity index (χ2n) is 8.53. The van der Waals surface area contributed by atoms with Gasteiger partial charge in [0, 0.05) is 50.2 Å². The Labute approximate surface area is 204 Å². The second-order valence-corrected chi connectivity index (χ2v) is 8.53. The monoisotopic (exact) mass is 494 g/mol. The summed E-state index contributed by atoms with van der Waals surface area (Å²) in [5.41, 5.74) is 2.85. The molecule has 192 valence electrons. The summed E-state index contributed by atoms with van der Waals surface area (Å²) >= 11 is 0. The molecular weight excluding hydrogens is 461 g/mol. The van der Waals surface area contributed by atoms with E-state index in [0.717, 1.165) is 45.6 Å². The first kappa shape index (κ1) is 26.5. The van der Waals surface area contributed by atoms with Crippen LogP contribution in [-0.4, -0.2) is 70.1 Å². The first-order valence-corrected chi connectivity index (χ1v) is 11.7. The van der Waals surface area contributed by atoms with Crippen LogP contribution in [0, 0.1) is 6.92 Å². The van der Waals surface area contributed by atoms with Gasteiger partial charge in [-0.2, -0.15) is 13.2 Å². The lowest BCUT2D eigenvalue weighted by Gasteiger charge is -2.36. The number of rotatable bonds is 10. The summed E-state index contributed by atoms with van der Waals surface area (Å²) in [5, 5.41) is 5.39. The van der Waals surface area contributed by atoms with Gasteiger partial charge in [-0.25, -0.2) is 4.79 Å². The fourth-order valence-corrected chi connectivity index (χ4v) is 3.92. The van der Waals surface area contributed by atoms with E-state index in [1.165, 1.54) is 36.6 Å². The molecule has 35 heavy (non-hydrogen) atoms. The molecule has 2 aromatic rings. The summed E-state index contributed by atoms with van der Waals surface area (Å²) in [4.78, 5) is 17.0. The van der Waals surface area contributed by atoms with Gasteiger partial charge in [-0.3, -0.25) is 4.90 Å². The summed E-state index contributed by atoms with van der Waals surface area (Å²) < 4.78 is 47.2. The third-order valence-corrected chi connectivity index (χ3v) is 5.74. The largest absolute Gasteiger partial charge is 0.493 e. The smallest absolute Gasteiger partial charge is 0.422 e. The number of carbonyl (C=O) groups is 1. The molecule has 0 atom stereocenters. The van der Waals surface area contributed by atoms with Crippen LogP contribution in [-0.2, 0) is 0 Å². The van der Waals surface area contributed by atoms with E-state index in [2.05, 4.69) is 51.6 Å². The zero-order chi connectivity index (χ0) is 25.3.